The first-order valence-corrected chi connectivity index (χ1v) is 10.1. The molecule has 5 nitrogen and oxygen atoms in total. The Morgan fingerprint density at radius 3 is 2.54 bits per heavy atom. The minimum Gasteiger partial charge on any atom is -0.381 e. The molecule has 2 aliphatic rings. The molecule has 0 radical (unpaired) electrons. The van der Waals surface area contributed by atoms with E-state index in [1.807, 2.05) is 13.1 Å². The third-order valence-corrected chi connectivity index (χ3v) is 5.75. The third-order valence-electron chi connectivity index (χ3n) is 5.75. The van der Waals surface area contributed by atoms with Gasteiger partial charge in [0.2, 0.25) is 0 Å². The largest absolute Gasteiger partial charge is 0.381 e. The van der Waals surface area contributed by atoms with Crippen molar-refractivity contribution in [2.75, 3.05) is 53.5 Å². The van der Waals surface area contributed by atoms with Crippen molar-refractivity contribution in [3.05, 3.63) is 12.7 Å². The molecule has 152 valence electrons. The summed E-state index contributed by atoms with van der Waals surface area (Å²) < 4.78 is 5.65. The lowest BCUT2D eigenvalue weighted by Gasteiger charge is -2.45. The molecule has 0 amide bonds. The van der Waals surface area contributed by atoms with Gasteiger partial charge in [-0.15, -0.1) is 30.6 Å². The second-order valence-corrected chi connectivity index (χ2v) is 7.49. The lowest BCUT2D eigenvalue weighted by atomic mass is 9.88. The molecular formula is C20H39IN4O. The molecule has 2 fully saturated rings. The summed E-state index contributed by atoms with van der Waals surface area (Å²) in [4.78, 5) is 9.48. The van der Waals surface area contributed by atoms with E-state index in [-0.39, 0.29) is 29.5 Å². The van der Waals surface area contributed by atoms with Crippen molar-refractivity contribution in [3.63, 3.8) is 0 Å². The molecule has 0 spiro atoms. The van der Waals surface area contributed by atoms with Gasteiger partial charge in [-0.2, -0.15) is 0 Å². The van der Waals surface area contributed by atoms with Crippen LogP contribution in [-0.2, 0) is 4.74 Å². The number of nitrogens with zero attached hydrogens (tertiary/aromatic N) is 3. The van der Waals surface area contributed by atoms with Crippen LogP contribution < -0.4 is 5.32 Å². The first kappa shape index (κ1) is 23.7. The van der Waals surface area contributed by atoms with Gasteiger partial charge in [-0.3, -0.25) is 9.89 Å². The SMILES string of the molecule is C=CCCCCCN(C)C(=NC)NCC1(N2CCCC2)CCOCC1.I. The molecule has 2 rings (SSSR count). The summed E-state index contributed by atoms with van der Waals surface area (Å²) in [5.41, 5.74) is 0.246. The number of likely N-dealkylation sites (tertiary alicyclic amines) is 1. The molecule has 0 aromatic carbocycles. The zero-order valence-corrected chi connectivity index (χ0v) is 19.2. The normalized spacial score (nSPS) is 20.5. The molecule has 0 atom stereocenters. The van der Waals surface area contributed by atoms with Gasteiger partial charge < -0.3 is 15.0 Å². The van der Waals surface area contributed by atoms with E-state index in [0.717, 1.165) is 51.5 Å². The van der Waals surface area contributed by atoms with Crippen LogP contribution in [0.25, 0.3) is 0 Å². The molecule has 6 heteroatoms. The lowest BCUT2D eigenvalue weighted by Crippen LogP contribution is -2.58. The van der Waals surface area contributed by atoms with Crippen LogP contribution in [0.15, 0.2) is 17.6 Å². The van der Waals surface area contributed by atoms with Crippen molar-refractivity contribution >= 4 is 29.9 Å². The maximum atomic E-state index is 5.65. The zero-order chi connectivity index (χ0) is 18.0. The minimum atomic E-state index is 0. The zero-order valence-electron chi connectivity index (χ0n) is 16.8. The Kier molecular flexibility index (Phi) is 11.8. The van der Waals surface area contributed by atoms with Gasteiger partial charge in [0.25, 0.3) is 0 Å². The average molecular weight is 478 g/mol. The van der Waals surface area contributed by atoms with Gasteiger partial charge in [-0.05, 0) is 58.0 Å². The van der Waals surface area contributed by atoms with E-state index in [2.05, 4.69) is 33.7 Å². The smallest absolute Gasteiger partial charge is 0.193 e. The van der Waals surface area contributed by atoms with Crippen LogP contribution in [-0.4, -0.2) is 74.8 Å². The summed E-state index contributed by atoms with van der Waals surface area (Å²) >= 11 is 0. The number of hydrogen-bond donors (Lipinski definition) is 1. The first-order chi connectivity index (χ1) is 12.2. The highest BCUT2D eigenvalue weighted by atomic mass is 127. The number of allylic oxidation sites excluding steroid dienone is 1. The van der Waals surface area contributed by atoms with Crippen molar-refractivity contribution in [2.45, 2.75) is 56.9 Å². The molecule has 1 N–H and O–H groups in total. The monoisotopic (exact) mass is 478 g/mol. The minimum absolute atomic E-state index is 0. The van der Waals surface area contributed by atoms with Crippen LogP contribution >= 0.6 is 24.0 Å². The van der Waals surface area contributed by atoms with E-state index in [0.29, 0.717) is 0 Å². The number of aliphatic imine (C=N–C) groups is 1. The molecule has 2 aliphatic heterocycles. The summed E-state index contributed by atoms with van der Waals surface area (Å²) in [5, 5.41) is 3.67. The van der Waals surface area contributed by atoms with Crippen LogP contribution in [0.2, 0.25) is 0 Å². The van der Waals surface area contributed by atoms with E-state index < -0.39 is 0 Å². The highest BCUT2D eigenvalue weighted by Gasteiger charge is 2.39. The molecule has 26 heavy (non-hydrogen) atoms. The Labute approximate surface area is 177 Å². The van der Waals surface area contributed by atoms with Crippen molar-refractivity contribution in [2.24, 2.45) is 4.99 Å². The highest BCUT2D eigenvalue weighted by molar-refractivity contribution is 14.0. The Morgan fingerprint density at radius 2 is 1.92 bits per heavy atom. The molecule has 2 saturated heterocycles. The van der Waals surface area contributed by atoms with E-state index in [9.17, 15) is 0 Å². The number of nitrogens with one attached hydrogen (secondary N) is 1. The number of rotatable bonds is 9. The first-order valence-electron chi connectivity index (χ1n) is 10.1. The van der Waals surface area contributed by atoms with Crippen LogP contribution in [0.5, 0.6) is 0 Å². The molecule has 0 saturated carbocycles. The number of ether oxygens (including phenoxy) is 1. The molecule has 0 aromatic rings. The molecule has 0 unspecified atom stereocenters. The van der Waals surface area contributed by atoms with E-state index in [4.69, 9.17) is 4.74 Å². The molecular weight excluding hydrogens is 439 g/mol. The fraction of sp³-hybridized carbons (Fsp3) is 0.850. The predicted octanol–water partition coefficient (Wildman–Crippen LogP) is 3.50. The second kappa shape index (κ2) is 12.9. The van der Waals surface area contributed by atoms with Crippen molar-refractivity contribution in [1.29, 1.82) is 0 Å². The number of unbranched alkanes of at least 4 members (excludes halogenated alkanes) is 3. The Balaban J connectivity index is 0.00000338. The van der Waals surface area contributed by atoms with E-state index >= 15 is 0 Å². The highest BCUT2D eigenvalue weighted by Crippen LogP contribution is 2.30. The predicted molar refractivity (Wildman–Crippen MR) is 122 cm³/mol. The van der Waals surface area contributed by atoms with Gasteiger partial charge in [-0.1, -0.05) is 12.5 Å². The number of hydrogen-bond acceptors (Lipinski definition) is 3. The van der Waals surface area contributed by atoms with Gasteiger partial charge in [0.15, 0.2) is 5.96 Å². The van der Waals surface area contributed by atoms with Crippen LogP contribution in [0.4, 0.5) is 0 Å². The van der Waals surface area contributed by atoms with Gasteiger partial charge in [0, 0.05) is 45.9 Å². The van der Waals surface area contributed by atoms with Crippen molar-refractivity contribution < 1.29 is 4.74 Å². The summed E-state index contributed by atoms with van der Waals surface area (Å²) in [7, 11) is 4.04. The van der Waals surface area contributed by atoms with Gasteiger partial charge >= 0.3 is 0 Å². The summed E-state index contributed by atoms with van der Waals surface area (Å²) in [6.45, 7) is 10.1. The molecule has 0 aliphatic carbocycles. The fourth-order valence-corrected chi connectivity index (χ4v) is 4.10. The standard InChI is InChI=1S/C20H38N4O.HI/c1-4-5-6-7-8-13-23(3)19(21-2)22-18-20(11-16-25-17-12-20)24-14-9-10-15-24;/h4H,1,5-18H2,2-3H3,(H,21,22);1H. The summed E-state index contributed by atoms with van der Waals surface area (Å²) in [6.07, 6.45) is 11.8. The number of halogens is 1. The molecule has 2 heterocycles. The second-order valence-electron chi connectivity index (χ2n) is 7.49. The molecule has 0 bridgehead atoms. The summed E-state index contributed by atoms with van der Waals surface area (Å²) in [6, 6.07) is 0. The molecule has 0 aromatic heterocycles. The van der Waals surface area contributed by atoms with Gasteiger partial charge in [0.1, 0.15) is 0 Å². The summed E-state index contributed by atoms with van der Waals surface area (Å²) in [5.74, 6) is 1.02. The Morgan fingerprint density at radius 1 is 1.23 bits per heavy atom. The Hall–Kier alpha value is -0.340. The quantitative estimate of drug-likeness (QED) is 0.181. The van der Waals surface area contributed by atoms with Crippen molar-refractivity contribution in [3.8, 4) is 0 Å². The lowest BCUT2D eigenvalue weighted by molar-refractivity contribution is -0.0166. The van der Waals surface area contributed by atoms with E-state index in [1.165, 1.54) is 45.2 Å². The van der Waals surface area contributed by atoms with Crippen LogP contribution in [0.3, 0.4) is 0 Å². The van der Waals surface area contributed by atoms with Crippen LogP contribution in [0, 0.1) is 0 Å². The topological polar surface area (TPSA) is 40.1 Å². The third kappa shape index (κ3) is 7.00. The Bertz CT molecular complexity index is 418. The van der Waals surface area contributed by atoms with E-state index in [1.54, 1.807) is 0 Å². The maximum absolute atomic E-state index is 5.65. The van der Waals surface area contributed by atoms with Crippen LogP contribution in [0.1, 0.15) is 51.4 Å². The van der Waals surface area contributed by atoms with Crippen molar-refractivity contribution in [1.82, 2.24) is 15.1 Å². The van der Waals surface area contributed by atoms with Gasteiger partial charge in [0.05, 0.1) is 0 Å². The fourth-order valence-electron chi connectivity index (χ4n) is 4.10. The van der Waals surface area contributed by atoms with Gasteiger partial charge in [-0.25, -0.2) is 0 Å². The average Bonchev–Trinajstić information content (AvgIpc) is 3.18. The maximum Gasteiger partial charge on any atom is 0.193 e. The number of guanidine groups is 1.